The van der Waals surface area contributed by atoms with E-state index in [-0.39, 0.29) is 18.0 Å². The summed E-state index contributed by atoms with van der Waals surface area (Å²) >= 11 is 0. The van der Waals surface area contributed by atoms with E-state index in [1.165, 1.54) is 0 Å². The molecule has 0 spiro atoms. The number of anilines is 1. The lowest BCUT2D eigenvalue weighted by Gasteiger charge is -2.31. The zero-order chi connectivity index (χ0) is 17.1. The van der Waals surface area contributed by atoms with Gasteiger partial charge in [0.2, 0.25) is 5.91 Å². The third kappa shape index (κ3) is 3.03. The SMILES string of the molecule is CCNC(=O)N1CC2CC1C(=O)N(CCOC)c1ccccc1O2. The van der Waals surface area contributed by atoms with Crippen LogP contribution in [0.1, 0.15) is 13.3 Å². The number of hydrogen-bond donors (Lipinski definition) is 1. The van der Waals surface area contributed by atoms with Crippen molar-refractivity contribution in [2.24, 2.45) is 0 Å². The first-order valence-corrected chi connectivity index (χ1v) is 8.26. The fourth-order valence-corrected chi connectivity index (χ4v) is 3.27. The molecule has 7 heteroatoms. The Hall–Kier alpha value is -2.28. The maximum absolute atomic E-state index is 13.1. The molecule has 1 fully saturated rings. The number of nitrogens with zero attached hydrogens (tertiary/aromatic N) is 2. The van der Waals surface area contributed by atoms with Gasteiger partial charge in [-0.15, -0.1) is 0 Å². The van der Waals surface area contributed by atoms with E-state index in [1.807, 2.05) is 31.2 Å². The van der Waals surface area contributed by atoms with Crippen LogP contribution in [0, 0.1) is 0 Å². The number of likely N-dealkylation sites (tertiary alicyclic amines) is 1. The lowest BCUT2D eigenvalue weighted by molar-refractivity contribution is -0.122. The molecule has 3 rings (SSSR count). The maximum atomic E-state index is 13.1. The summed E-state index contributed by atoms with van der Waals surface area (Å²) in [6.45, 7) is 3.62. The van der Waals surface area contributed by atoms with Crippen LogP contribution in [-0.2, 0) is 9.53 Å². The lowest BCUT2D eigenvalue weighted by Crippen LogP contribution is -2.51. The normalized spacial score (nSPS) is 22.5. The van der Waals surface area contributed by atoms with Crippen molar-refractivity contribution in [1.29, 1.82) is 0 Å². The second kappa shape index (κ2) is 7.09. The number of para-hydroxylation sites is 2. The molecule has 24 heavy (non-hydrogen) atoms. The first kappa shape index (κ1) is 16.6. The summed E-state index contributed by atoms with van der Waals surface area (Å²) in [5.41, 5.74) is 0.729. The topological polar surface area (TPSA) is 71.1 Å². The van der Waals surface area contributed by atoms with Gasteiger partial charge in [0.15, 0.2) is 0 Å². The Morgan fingerprint density at radius 1 is 1.42 bits per heavy atom. The van der Waals surface area contributed by atoms with Crippen LogP contribution in [0.2, 0.25) is 0 Å². The molecule has 2 heterocycles. The molecule has 2 bridgehead atoms. The Labute approximate surface area is 141 Å². The Balaban J connectivity index is 1.94. The molecule has 1 aromatic carbocycles. The van der Waals surface area contributed by atoms with Crippen molar-refractivity contribution >= 4 is 17.6 Å². The van der Waals surface area contributed by atoms with Gasteiger partial charge in [0.05, 0.1) is 18.8 Å². The summed E-state index contributed by atoms with van der Waals surface area (Å²) < 4.78 is 11.2. The summed E-state index contributed by atoms with van der Waals surface area (Å²) in [4.78, 5) is 28.7. The highest BCUT2D eigenvalue weighted by Gasteiger charge is 2.44. The van der Waals surface area contributed by atoms with Crippen LogP contribution in [0.5, 0.6) is 5.75 Å². The maximum Gasteiger partial charge on any atom is 0.318 e. The number of methoxy groups -OCH3 is 1. The number of rotatable bonds is 4. The van der Waals surface area contributed by atoms with Gasteiger partial charge in [-0.25, -0.2) is 4.79 Å². The van der Waals surface area contributed by atoms with Crippen LogP contribution < -0.4 is 15.0 Å². The first-order chi connectivity index (χ1) is 11.7. The second-order valence-electron chi connectivity index (χ2n) is 5.93. The minimum Gasteiger partial charge on any atom is -0.486 e. The molecule has 0 aromatic heterocycles. The number of ether oxygens (including phenoxy) is 2. The van der Waals surface area contributed by atoms with E-state index >= 15 is 0 Å². The molecule has 1 aromatic rings. The molecule has 0 radical (unpaired) electrons. The fraction of sp³-hybridized carbons (Fsp3) is 0.529. The van der Waals surface area contributed by atoms with Crippen molar-refractivity contribution in [2.75, 3.05) is 38.3 Å². The van der Waals surface area contributed by atoms with Gasteiger partial charge in [0.1, 0.15) is 17.9 Å². The van der Waals surface area contributed by atoms with E-state index in [4.69, 9.17) is 9.47 Å². The Bertz CT molecular complexity index is 622. The largest absolute Gasteiger partial charge is 0.486 e. The molecular weight excluding hydrogens is 310 g/mol. The highest BCUT2D eigenvalue weighted by molar-refractivity contribution is 6.00. The van der Waals surface area contributed by atoms with Gasteiger partial charge < -0.3 is 24.6 Å². The molecule has 0 saturated carbocycles. The number of carbonyl (C=O) groups is 2. The quantitative estimate of drug-likeness (QED) is 0.900. The minimum atomic E-state index is -0.508. The molecule has 2 aliphatic heterocycles. The van der Waals surface area contributed by atoms with Gasteiger partial charge in [0, 0.05) is 26.6 Å². The van der Waals surface area contributed by atoms with Crippen LogP contribution in [0.4, 0.5) is 10.5 Å². The Morgan fingerprint density at radius 2 is 2.21 bits per heavy atom. The molecule has 2 unspecified atom stereocenters. The van der Waals surface area contributed by atoms with E-state index in [2.05, 4.69) is 5.32 Å². The van der Waals surface area contributed by atoms with Gasteiger partial charge in [0.25, 0.3) is 0 Å². The zero-order valence-corrected chi connectivity index (χ0v) is 14.0. The van der Waals surface area contributed by atoms with Crippen LogP contribution in [0.15, 0.2) is 24.3 Å². The summed E-state index contributed by atoms with van der Waals surface area (Å²) in [5, 5.41) is 2.78. The standard InChI is InChI=1S/C17H23N3O4/c1-3-18-17(22)20-11-12-10-14(20)16(21)19(8-9-23-2)13-6-4-5-7-15(13)24-12/h4-7,12,14H,3,8-11H2,1-2H3,(H,18,22). The van der Waals surface area contributed by atoms with Crippen molar-refractivity contribution in [3.63, 3.8) is 0 Å². The van der Waals surface area contributed by atoms with Crippen LogP contribution in [-0.4, -0.2) is 62.3 Å². The number of amides is 3. The second-order valence-corrected chi connectivity index (χ2v) is 5.93. The lowest BCUT2D eigenvalue weighted by atomic mass is 10.1. The molecule has 1 saturated heterocycles. The minimum absolute atomic E-state index is 0.0865. The average molecular weight is 333 g/mol. The molecule has 7 nitrogen and oxygen atoms in total. The summed E-state index contributed by atoms with van der Waals surface area (Å²) in [6.07, 6.45) is 0.334. The number of urea groups is 1. The van der Waals surface area contributed by atoms with Crippen molar-refractivity contribution in [2.45, 2.75) is 25.5 Å². The average Bonchev–Trinajstić information content (AvgIpc) is 3.00. The van der Waals surface area contributed by atoms with Gasteiger partial charge >= 0.3 is 6.03 Å². The molecular formula is C17H23N3O4. The van der Waals surface area contributed by atoms with Gasteiger partial charge in [-0.1, -0.05) is 12.1 Å². The molecule has 2 aliphatic rings. The number of nitrogens with one attached hydrogen (secondary N) is 1. The van der Waals surface area contributed by atoms with Crippen LogP contribution in [0.25, 0.3) is 0 Å². The van der Waals surface area contributed by atoms with Gasteiger partial charge in [-0.05, 0) is 19.1 Å². The molecule has 2 atom stereocenters. The smallest absolute Gasteiger partial charge is 0.318 e. The van der Waals surface area contributed by atoms with Crippen LogP contribution >= 0.6 is 0 Å². The third-order valence-electron chi connectivity index (χ3n) is 4.37. The number of benzene rings is 1. The Morgan fingerprint density at radius 3 is 2.96 bits per heavy atom. The van der Waals surface area contributed by atoms with E-state index in [1.54, 1.807) is 16.9 Å². The highest BCUT2D eigenvalue weighted by atomic mass is 16.5. The van der Waals surface area contributed by atoms with Crippen molar-refractivity contribution < 1.29 is 19.1 Å². The molecule has 0 aliphatic carbocycles. The van der Waals surface area contributed by atoms with Gasteiger partial charge in [-0.3, -0.25) is 4.79 Å². The number of hydrogen-bond acceptors (Lipinski definition) is 4. The van der Waals surface area contributed by atoms with Gasteiger partial charge in [-0.2, -0.15) is 0 Å². The summed E-state index contributed by atoms with van der Waals surface area (Å²) in [7, 11) is 1.60. The van der Waals surface area contributed by atoms with E-state index in [0.29, 0.717) is 38.4 Å². The zero-order valence-electron chi connectivity index (χ0n) is 14.0. The summed E-state index contributed by atoms with van der Waals surface area (Å²) in [5.74, 6) is 0.583. The highest BCUT2D eigenvalue weighted by Crippen LogP contribution is 2.35. The van der Waals surface area contributed by atoms with Crippen LogP contribution in [0.3, 0.4) is 0 Å². The third-order valence-corrected chi connectivity index (χ3v) is 4.37. The molecule has 130 valence electrons. The predicted octanol–water partition coefficient (Wildman–Crippen LogP) is 1.23. The molecule has 1 N–H and O–H groups in total. The summed E-state index contributed by atoms with van der Waals surface area (Å²) in [6, 6.07) is 6.75. The molecule has 3 amide bonds. The van der Waals surface area contributed by atoms with E-state index in [0.717, 1.165) is 5.69 Å². The van der Waals surface area contributed by atoms with Crippen molar-refractivity contribution in [1.82, 2.24) is 10.2 Å². The first-order valence-electron chi connectivity index (χ1n) is 8.26. The van der Waals surface area contributed by atoms with Crippen molar-refractivity contribution in [3.05, 3.63) is 24.3 Å². The van der Waals surface area contributed by atoms with Crippen molar-refractivity contribution in [3.8, 4) is 5.75 Å². The Kier molecular flexibility index (Phi) is 4.89. The van der Waals surface area contributed by atoms with E-state index < -0.39 is 6.04 Å². The fourth-order valence-electron chi connectivity index (χ4n) is 3.27. The number of fused-ring (bicyclic) bond motifs is 3. The van der Waals surface area contributed by atoms with E-state index in [9.17, 15) is 9.59 Å². The monoisotopic (exact) mass is 333 g/mol. The predicted molar refractivity (Wildman–Crippen MR) is 89.3 cm³/mol. The number of carbonyl (C=O) groups excluding carboxylic acids is 2.